The van der Waals surface area contributed by atoms with Crippen molar-refractivity contribution in [2.45, 2.75) is 0 Å². The number of halogens is 1. The number of para-hydroxylation sites is 1. The Morgan fingerprint density at radius 3 is 2.35 bits per heavy atom. The van der Waals surface area contributed by atoms with Crippen LogP contribution in [-0.2, 0) is 0 Å². The SMILES string of the molecule is CN=C(c1ccccc1Nc1ccc(Cl)cc1)N1CCN(C(=O)c2cccnc2)CC1. The average Bonchev–Trinajstić information content (AvgIpc) is 2.83. The number of nitrogens with one attached hydrogen (secondary N) is 1. The number of nitrogens with zero attached hydrogens (tertiary/aromatic N) is 4. The number of piperazine rings is 1. The molecule has 0 aliphatic carbocycles. The van der Waals surface area contributed by atoms with Gasteiger partial charge in [0.2, 0.25) is 0 Å². The van der Waals surface area contributed by atoms with Crippen LogP contribution in [0.4, 0.5) is 11.4 Å². The molecule has 1 aliphatic heterocycles. The molecular formula is C24H24ClN5O. The van der Waals surface area contributed by atoms with Crippen molar-refractivity contribution in [2.75, 3.05) is 38.5 Å². The van der Waals surface area contributed by atoms with Gasteiger partial charge in [-0.1, -0.05) is 23.7 Å². The van der Waals surface area contributed by atoms with E-state index in [9.17, 15) is 4.79 Å². The molecule has 0 unspecified atom stereocenters. The molecule has 1 N–H and O–H groups in total. The number of amidine groups is 1. The van der Waals surface area contributed by atoms with Crippen molar-refractivity contribution in [1.29, 1.82) is 0 Å². The number of rotatable bonds is 4. The summed E-state index contributed by atoms with van der Waals surface area (Å²) in [6, 6.07) is 19.3. The second-order valence-corrected chi connectivity index (χ2v) is 7.68. The molecule has 0 atom stereocenters. The number of anilines is 2. The molecule has 1 amide bonds. The summed E-state index contributed by atoms with van der Waals surface area (Å²) in [5, 5.41) is 4.17. The van der Waals surface area contributed by atoms with E-state index in [1.165, 1.54) is 0 Å². The Labute approximate surface area is 187 Å². The first-order valence-corrected chi connectivity index (χ1v) is 10.6. The highest BCUT2D eigenvalue weighted by atomic mass is 35.5. The maximum atomic E-state index is 12.7. The predicted molar refractivity (Wildman–Crippen MR) is 125 cm³/mol. The fraction of sp³-hybridized carbons (Fsp3) is 0.208. The third kappa shape index (κ3) is 4.86. The van der Waals surface area contributed by atoms with Crippen LogP contribution in [0.3, 0.4) is 0 Å². The van der Waals surface area contributed by atoms with Crippen molar-refractivity contribution in [2.24, 2.45) is 4.99 Å². The maximum absolute atomic E-state index is 12.7. The molecule has 2 aromatic carbocycles. The van der Waals surface area contributed by atoms with Gasteiger partial charge in [0.05, 0.1) is 5.56 Å². The lowest BCUT2D eigenvalue weighted by atomic mass is 10.1. The van der Waals surface area contributed by atoms with E-state index in [2.05, 4.69) is 26.3 Å². The summed E-state index contributed by atoms with van der Waals surface area (Å²) in [4.78, 5) is 25.5. The van der Waals surface area contributed by atoms with Gasteiger partial charge in [-0.2, -0.15) is 0 Å². The van der Waals surface area contributed by atoms with Crippen molar-refractivity contribution in [3.63, 3.8) is 0 Å². The molecule has 0 bridgehead atoms. The molecule has 2 heterocycles. The summed E-state index contributed by atoms with van der Waals surface area (Å²) >= 11 is 6.01. The highest BCUT2D eigenvalue weighted by Crippen LogP contribution is 2.24. The number of benzene rings is 2. The van der Waals surface area contributed by atoms with Crippen LogP contribution in [0.1, 0.15) is 15.9 Å². The fourth-order valence-electron chi connectivity index (χ4n) is 3.70. The van der Waals surface area contributed by atoms with E-state index >= 15 is 0 Å². The summed E-state index contributed by atoms with van der Waals surface area (Å²) in [5.41, 5.74) is 3.57. The lowest BCUT2D eigenvalue weighted by molar-refractivity contribution is 0.0691. The molecule has 1 aromatic heterocycles. The summed E-state index contributed by atoms with van der Waals surface area (Å²) < 4.78 is 0. The molecule has 1 aliphatic rings. The molecule has 0 spiro atoms. The molecule has 3 aromatic rings. The van der Waals surface area contributed by atoms with Gasteiger partial charge < -0.3 is 15.1 Å². The number of carbonyl (C=O) groups excluding carboxylic acids is 1. The Kier molecular flexibility index (Phi) is 6.48. The molecule has 4 rings (SSSR count). The maximum Gasteiger partial charge on any atom is 0.255 e. The number of aliphatic imine (C=N–C) groups is 1. The molecule has 6 nitrogen and oxygen atoms in total. The number of pyridine rings is 1. The van der Waals surface area contributed by atoms with Gasteiger partial charge in [-0.25, -0.2) is 0 Å². The first kappa shape index (κ1) is 20.9. The first-order valence-electron chi connectivity index (χ1n) is 10.2. The van der Waals surface area contributed by atoms with Crippen LogP contribution in [0, 0.1) is 0 Å². The molecular weight excluding hydrogens is 410 g/mol. The summed E-state index contributed by atoms with van der Waals surface area (Å²) in [7, 11) is 1.81. The highest BCUT2D eigenvalue weighted by molar-refractivity contribution is 6.30. The fourth-order valence-corrected chi connectivity index (χ4v) is 3.83. The van der Waals surface area contributed by atoms with Gasteiger partial charge in [0.15, 0.2) is 0 Å². The number of amides is 1. The minimum atomic E-state index is 0.0209. The molecule has 0 saturated carbocycles. The van der Waals surface area contributed by atoms with E-state index in [1.54, 1.807) is 24.5 Å². The topological polar surface area (TPSA) is 60.8 Å². The van der Waals surface area contributed by atoms with Gasteiger partial charge in [-0.3, -0.25) is 14.8 Å². The Morgan fingerprint density at radius 2 is 1.68 bits per heavy atom. The monoisotopic (exact) mass is 433 g/mol. The van der Waals surface area contributed by atoms with Crippen LogP contribution in [0.5, 0.6) is 0 Å². The van der Waals surface area contributed by atoms with Crippen molar-refractivity contribution >= 4 is 34.7 Å². The van der Waals surface area contributed by atoms with Crippen molar-refractivity contribution < 1.29 is 4.79 Å². The highest BCUT2D eigenvalue weighted by Gasteiger charge is 2.25. The lowest BCUT2D eigenvalue weighted by Crippen LogP contribution is -2.50. The van der Waals surface area contributed by atoms with Gasteiger partial charge in [0.25, 0.3) is 5.91 Å². The standard InChI is InChI=1S/C24H24ClN5O/c1-26-23(21-6-2-3-7-22(21)28-20-10-8-19(25)9-11-20)29-13-15-30(16-14-29)24(31)18-5-4-12-27-17-18/h2-12,17,28H,13-16H2,1H3. The van der Waals surface area contributed by atoms with Crippen LogP contribution in [0.2, 0.25) is 5.02 Å². The normalized spacial score (nSPS) is 14.5. The van der Waals surface area contributed by atoms with Crippen molar-refractivity contribution in [3.8, 4) is 0 Å². The summed E-state index contributed by atoms with van der Waals surface area (Å²) in [6.45, 7) is 2.71. The lowest BCUT2D eigenvalue weighted by Gasteiger charge is -2.37. The second kappa shape index (κ2) is 9.62. The Hall–Kier alpha value is -3.38. The Bertz CT molecular complexity index is 1060. The molecule has 31 heavy (non-hydrogen) atoms. The zero-order valence-electron chi connectivity index (χ0n) is 17.3. The predicted octanol–water partition coefficient (Wildman–Crippen LogP) is 4.31. The average molecular weight is 434 g/mol. The number of hydrogen-bond donors (Lipinski definition) is 1. The van der Waals surface area contributed by atoms with Crippen molar-refractivity contribution in [1.82, 2.24) is 14.8 Å². The van der Waals surface area contributed by atoms with Gasteiger partial charge in [-0.15, -0.1) is 0 Å². The molecule has 1 fully saturated rings. The van der Waals surface area contributed by atoms with Crippen LogP contribution < -0.4 is 5.32 Å². The number of hydrogen-bond acceptors (Lipinski definition) is 4. The van der Waals surface area contributed by atoms with E-state index in [-0.39, 0.29) is 5.91 Å². The van der Waals surface area contributed by atoms with Crippen LogP contribution in [-0.4, -0.2) is 59.8 Å². The summed E-state index contributed by atoms with van der Waals surface area (Å²) in [6.07, 6.45) is 3.29. The molecule has 1 saturated heterocycles. The summed E-state index contributed by atoms with van der Waals surface area (Å²) in [5.74, 6) is 0.929. The number of carbonyl (C=O) groups is 1. The third-order valence-electron chi connectivity index (χ3n) is 5.28. The van der Waals surface area contributed by atoms with Crippen LogP contribution >= 0.6 is 11.6 Å². The van der Waals surface area contributed by atoms with Gasteiger partial charge in [0, 0.05) is 67.6 Å². The molecule has 0 radical (unpaired) electrons. The largest absolute Gasteiger partial charge is 0.355 e. The van der Waals surface area contributed by atoms with E-state index < -0.39 is 0 Å². The van der Waals surface area contributed by atoms with Gasteiger partial charge in [-0.05, 0) is 48.5 Å². The Morgan fingerprint density at radius 1 is 0.968 bits per heavy atom. The smallest absolute Gasteiger partial charge is 0.255 e. The zero-order valence-corrected chi connectivity index (χ0v) is 18.1. The molecule has 158 valence electrons. The van der Waals surface area contributed by atoms with Crippen LogP contribution in [0.15, 0.2) is 78.0 Å². The second-order valence-electron chi connectivity index (χ2n) is 7.25. The minimum Gasteiger partial charge on any atom is -0.355 e. The van der Waals surface area contributed by atoms with Gasteiger partial charge in [0.1, 0.15) is 5.84 Å². The van der Waals surface area contributed by atoms with E-state index in [1.807, 2.05) is 54.4 Å². The van der Waals surface area contributed by atoms with E-state index in [4.69, 9.17) is 11.6 Å². The minimum absolute atomic E-state index is 0.0209. The zero-order chi connectivity index (χ0) is 21.6. The van der Waals surface area contributed by atoms with E-state index in [0.29, 0.717) is 36.8 Å². The van der Waals surface area contributed by atoms with Gasteiger partial charge >= 0.3 is 0 Å². The first-order chi connectivity index (χ1) is 15.2. The molecule has 7 heteroatoms. The van der Waals surface area contributed by atoms with E-state index in [0.717, 1.165) is 22.8 Å². The quantitative estimate of drug-likeness (QED) is 0.492. The van der Waals surface area contributed by atoms with Crippen molar-refractivity contribution in [3.05, 3.63) is 89.2 Å². The van der Waals surface area contributed by atoms with Crippen LogP contribution in [0.25, 0.3) is 0 Å². The third-order valence-corrected chi connectivity index (χ3v) is 5.53. The number of aromatic nitrogens is 1. The Balaban J connectivity index is 1.48.